The Labute approximate surface area is 178 Å². The molecule has 3 aromatic rings. The molecule has 0 aliphatic carbocycles. The Bertz CT molecular complexity index is 787. The molecule has 2 aromatic carbocycles. The van der Waals surface area contributed by atoms with E-state index in [9.17, 15) is 0 Å². The average Bonchev–Trinajstić information content (AvgIpc) is 2.61. The van der Waals surface area contributed by atoms with Crippen molar-refractivity contribution in [1.29, 1.82) is 0 Å². The second-order valence-corrected chi connectivity index (χ2v) is 7.99. The summed E-state index contributed by atoms with van der Waals surface area (Å²) in [6.45, 7) is 2.18. The van der Waals surface area contributed by atoms with Gasteiger partial charge in [-0.05, 0) is 47.5 Å². The van der Waals surface area contributed by atoms with E-state index in [0.29, 0.717) is 0 Å². The van der Waals surface area contributed by atoms with Crippen LogP contribution in [0.5, 0.6) is 0 Å². The monoisotopic (exact) mass is 476 g/mol. The summed E-state index contributed by atoms with van der Waals surface area (Å²) in [7, 11) is 8.28. The summed E-state index contributed by atoms with van der Waals surface area (Å²) in [6.07, 6.45) is 0. The van der Waals surface area contributed by atoms with Gasteiger partial charge in [0.1, 0.15) is 0 Å². The molecule has 0 saturated carbocycles. The highest BCUT2D eigenvalue weighted by atomic mass is 127. The van der Waals surface area contributed by atoms with E-state index in [2.05, 4.69) is 106 Å². The zero-order chi connectivity index (χ0) is 18.0. The predicted octanol–water partition coefficient (Wildman–Crippen LogP) is 2.81. The molecule has 0 amide bonds. The Hall–Kier alpha value is -1.66. The first kappa shape index (κ1) is 20.6. The van der Waals surface area contributed by atoms with Crippen molar-refractivity contribution in [2.45, 2.75) is 6.92 Å². The van der Waals surface area contributed by atoms with Crippen molar-refractivity contribution < 1.29 is 24.0 Å². The number of hydrogen-bond acceptors (Lipinski definition) is 2. The van der Waals surface area contributed by atoms with Crippen molar-refractivity contribution in [1.82, 2.24) is 0 Å². The molecule has 0 atom stereocenters. The van der Waals surface area contributed by atoms with Gasteiger partial charge in [-0.25, -0.2) is 0 Å². The average molecular weight is 476 g/mol. The molecule has 4 heteroatoms. The molecule has 0 aliphatic rings. The molecule has 1 heterocycles. The number of hydrogen-bond donors (Lipinski definition) is 0. The molecule has 0 saturated heterocycles. The number of halogens is 1. The number of aryl methyl sites for hydroxylation is 1. The van der Waals surface area contributed by atoms with Crippen LogP contribution in [0.25, 0.3) is 21.6 Å². The van der Waals surface area contributed by atoms with E-state index in [0.717, 1.165) is 0 Å². The lowest BCUT2D eigenvalue weighted by molar-refractivity contribution is -0.00000505. The van der Waals surface area contributed by atoms with Gasteiger partial charge in [0.15, 0.2) is 0 Å². The Balaban J connectivity index is 0.00000243. The highest BCUT2D eigenvalue weighted by molar-refractivity contribution is 7.15. The minimum Gasteiger partial charge on any atom is -1.00 e. The smallest absolute Gasteiger partial charge is 0.238 e. The summed E-state index contributed by atoms with van der Waals surface area (Å²) >= 11 is 1.84. The van der Waals surface area contributed by atoms with E-state index < -0.39 is 0 Å². The first-order valence-corrected chi connectivity index (χ1v) is 9.26. The van der Waals surface area contributed by atoms with Crippen LogP contribution >= 0.6 is 11.3 Å². The van der Waals surface area contributed by atoms with E-state index in [1.807, 2.05) is 11.3 Å². The van der Waals surface area contributed by atoms with E-state index >= 15 is 0 Å². The van der Waals surface area contributed by atoms with Gasteiger partial charge in [0.2, 0.25) is 21.1 Å². The predicted molar refractivity (Wildman–Crippen MR) is 113 cm³/mol. The fraction of sp³-hybridized carbons (Fsp3) is 0.227. The molecule has 0 N–H and O–H groups in total. The lowest BCUT2D eigenvalue weighted by atomic mass is 10.0. The quantitative estimate of drug-likeness (QED) is 0.422. The van der Waals surface area contributed by atoms with Gasteiger partial charge in [0.05, 0.1) is 0 Å². The molecule has 26 heavy (non-hydrogen) atoms. The van der Waals surface area contributed by atoms with Crippen molar-refractivity contribution in [2.75, 3.05) is 38.0 Å². The number of anilines is 2. The van der Waals surface area contributed by atoms with Crippen molar-refractivity contribution in [2.24, 2.45) is 0 Å². The summed E-state index contributed by atoms with van der Waals surface area (Å²) in [5.41, 5.74) is 6.24. The van der Waals surface area contributed by atoms with E-state index in [4.69, 9.17) is 0 Å². The molecule has 3 rings (SSSR count). The van der Waals surface area contributed by atoms with Gasteiger partial charge in [0, 0.05) is 64.2 Å². The van der Waals surface area contributed by atoms with Crippen LogP contribution in [0.2, 0.25) is 0 Å². The van der Waals surface area contributed by atoms with Crippen LogP contribution in [0, 0.1) is 6.92 Å². The Kier molecular flexibility index (Phi) is 7.01. The number of nitrogens with zero attached hydrogens (tertiary/aromatic N) is 2. The normalized spacial score (nSPS) is 10.2. The van der Waals surface area contributed by atoms with E-state index in [1.54, 1.807) is 0 Å². The maximum absolute atomic E-state index is 2.30. The third-order valence-electron chi connectivity index (χ3n) is 4.30. The van der Waals surface area contributed by atoms with E-state index in [-0.39, 0.29) is 24.0 Å². The first-order chi connectivity index (χ1) is 11.9. The van der Waals surface area contributed by atoms with Crippen LogP contribution in [-0.2, 0) is 0 Å². The van der Waals surface area contributed by atoms with Crippen molar-refractivity contribution in [3.63, 3.8) is 0 Å². The highest BCUT2D eigenvalue weighted by Crippen LogP contribution is 2.33. The molecule has 2 nitrogen and oxygen atoms in total. The van der Waals surface area contributed by atoms with Gasteiger partial charge < -0.3 is 33.8 Å². The van der Waals surface area contributed by atoms with Gasteiger partial charge in [-0.1, -0.05) is 12.1 Å². The Morgan fingerprint density at radius 3 is 1.54 bits per heavy atom. The lowest BCUT2D eigenvalue weighted by Gasteiger charge is -2.13. The first-order valence-electron chi connectivity index (χ1n) is 8.44. The zero-order valence-electron chi connectivity index (χ0n) is 16.0. The van der Waals surface area contributed by atoms with Crippen LogP contribution < -0.4 is 33.8 Å². The minimum absolute atomic E-state index is 0. The highest BCUT2D eigenvalue weighted by Gasteiger charge is 2.15. The van der Waals surface area contributed by atoms with Gasteiger partial charge in [-0.3, -0.25) is 0 Å². The maximum Gasteiger partial charge on any atom is 0.238 e. The summed E-state index contributed by atoms with van der Waals surface area (Å²) in [5, 5.41) is 0. The minimum atomic E-state index is 0. The second kappa shape index (κ2) is 8.82. The molecule has 0 spiro atoms. The standard InChI is InChI=1S/C22H25N2S.HI/c1-16-14-19(17-6-10-20(11-7-17)23(2)3)15-22(25-16)18-8-12-21(13-9-18)24(4)5;/h6-15H,1-5H3;1H/q+1;/p-1. The summed E-state index contributed by atoms with van der Waals surface area (Å²) in [6, 6.07) is 22.1. The fourth-order valence-electron chi connectivity index (χ4n) is 2.82. The van der Waals surface area contributed by atoms with Gasteiger partial charge in [-0.15, -0.1) is 0 Å². The van der Waals surface area contributed by atoms with Gasteiger partial charge in [0.25, 0.3) is 0 Å². The third-order valence-corrected chi connectivity index (χ3v) is 5.31. The van der Waals surface area contributed by atoms with Gasteiger partial charge in [-0.2, -0.15) is 0 Å². The van der Waals surface area contributed by atoms with Crippen LogP contribution in [0.1, 0.15) is 4.88 Å². The van der Waals surface area contributed by atoms with E-state index in [1.165, 1.54) is 37.8 Å². The molecule has 0 unspecified atom stereocenters. The Morgan fingerprint density at radius 2 is 1.08 bits per heavy atom. The molecule has 0 radical (unpaired) electrons. The molecule has 0 fully saturated rings. The molecule has 1 aromatic heterocycles. The topological polar surface area (TPSA) is 6.48 Å². The largest absolute Gasteiger partial charge is 1.00 e. The molecule has 0 bridgehead atoms. The van der Waals surface area contributed by atoms with Crippen LogP contribution in [0.3, 0.4) is 0 Å². The second-order valence-electron chi connectivity index (χ2n) is 6.70. The summed E-state index contributed by atoms with van der Waals surface area (Å²) in [5.74, 6) is 0. The number of rotatable bonds is 4. The molecule has 0 aliphatic heterocycles. The van der Waals surface area contributed by atoms with Crippen LogP contribution in [-0.4, -0.2) is 28.2 Å². The van der Waals surface area contributed by atoms with Gasteiger partial charge >= 0.3 is 0 Å². The summed E-state index contributed by atoms with van der Waals surface area (Å²) in [4.78, 5) is 6.87. The zero-order valence-corrected chi connectivity index (χ0v) is 18.9. The molecule has 136 valence electrons. The van der Waals surface area contributed by atoms with Crippen LogP contribution in [0.4, 0.5) is 11.4 Å². The number of benzene rings is 2. The maximum atomic E-state index is 2.30. The van der Waals surface area contributed by atoms with Crippen LogP contribution in [0.15, 0.2) is 60.7 Å². The fourth-order valence-corrected chi connectivity index (χ4v) is 3.79. The molecular formula is C22H25IN2S. The SMILES string of the molecule is Cc1cc(-c2ccc(N(C)C)cc2)cc(-c2ccc(N(C)C)cc2)[s+]1.[I-]. The third kappa shape index (κ3) is 4.74. The van der Waals surface area contributed by atoms with Crippen molar-refractivity contribution in [3.05, 3.63) is 65.5 Å². The van der Waals surface area contributed by atoms with Crippen molar-refractivity contribution >= 4 is 22.7 Å². The van der Waals surface area contributed by atoms with Crippen molar-refractivity contribution in [3.8, 4) is 21.6 Å². The lowest BCUT2D eigenvalue weighted by Crippen LogP contribution is -3.00. The Morgan fingerprint density at radius 1 is 0.615 bits per heavy atom. The molecular weight excluding hydrogens is 451 g/mol. The summed E-state index contributed by atoms with van der Waals surface area (Å²) < 4.78 is 0.